The molecule has 1 aromatic carbocycles. The monoisotopic (exact) mass is 300 g/mol. The van der Waals surface area contributed by atoms with E-state index in [-0.39, 0.29) is 17.9 Å². The van der Waals surface area contributed by atoms with Crippen LogP contribution in [0.3, 0.4) is 0 Å². The second-order valence-corrected chi connectivity index (χ2v) is 4.84. The van der Waals surface area contributed by atoms with Crippen LogP contribution in [0, 0.1) is 6.92 Å². The largest absolute Gasteiger partial charge is 0.476 e. The summed E-state index contributed by atoms with van der Waals surface area (Å²) in [5.41, 5.74) is -1.63. The summed E-state index contributed by atoms with van der Waals surface area (Å²) in [4.78, 5) is 11.2. The number of hydrogen-bond acceptors (Lipinski definition) is 3. The van der Waals surface area contributed by atoms with E-state index in [2.05, 4.69) is 4.74 Å². The molecule has 0 radical (unpaired) electrons. The first-order valence-corrected chi connectivity index (χ1v) is 6.49. The van der Waals surface area contributed by atoms with Gasteiger partial charge in [-0.15, -0.1) is 0 Å². The number of halogens is 3. The molecule has 1 aliphatic rings. The van der Waals surface area contributed by atoms with Gasteiger partial charge in [0, 0.05) is 5.56 Å². The van der Waals surface area contributed by atoms with Crippen molar-refractivity contribution in [1.29, 1.82) is 0 Å². The van der Waals surface area contributed by atoms with Crippen molar-refractivity contribution in [3.05, 3.63) is 47.2 Å². The molecule has 1 aromatic rings. The molecule has 1 atom stereocenters. The molecule has 0 spiro atoms. The van der Waals surface area contributed by atoms with Crippen LogP contribution < -0.4 is 0 Å². The van der Waals surface area contributed by atoms with Gasteiger partial charge < -0.3 is 9.47 Å². The van der Waals surface area contributed by atoms with Crippen LogP contribution in [0.25, 0.3) is 0 Å². The Morgan fingerprint density at radius 2 is 2.14 bits per heavy atom. The van der Waals surface area contributed by atoms with Crippen LogP contribution in [0.5, 0.6) is 0 Å². The molecular formula is C15H15F3O3. The lowest BCUT2D eigenvalue weighted by atomic mass is 9.83. The van der Waals surface area contributed by atoms with Crippen LogP contribution in [0.4, 0.5) is 13.2 Å². The van der Waals surface area contributed by atoms with Crippen molar-refractivity contribution in [2.45, 2.75) is 32.0 Å². The molecule has 0 bridgehead atoms. The van der Waals surface area contributed by atoms with Gasteiger partial charge in [-0.1, -0.05) is 29.8 Å². The normalized spacial score (nSPS) is 23.4. The Morgan fingerprint density at radius 3 is 2.67 bits per heavy atom. The van der Waals surface area contributed by atoms with Crippen molar-refractivity contribution < 1.29 is 27.4 Å². The summed E-state index contributed by atoms with van der Waals surface area (Å²) >= 11 is 0. The average Bonchev–Trinajstić information content (AvgIpc) is 2.31. The molecule has 21 heavy (non-hydrogen) atoms. The minimum absolute atomic E-state index is 0.0210. The van der Waals surface area contributed by atoms with Crippen LogP contribution in [-0.2, 0) is 19.9 Å². The number of carbonyl (C=O) groups excluding carboxylic acids is 1. The number of rotatable bonds is 3. The standard InChI is InChI=1S/C15H15F3O3/c1-3-20-13(19)8-12-9-14(21-12,15(16,17)18)11-6-4-5-10(2)7-11/h4-8H,3,9H2,1-2H3/b12-8-. The Hall–Kier alpha value is -1.98. The summed E-state index contributed by atoms with van der Waals surface area (Å²) in [6.07, 6.45) is -4.01. The van der Waals surface area contributed by atoms with Crippen LogP contribution >= 0.6 is 0 Å². The third-order valence-corrected chi connectivity index (χ3v) is 3.24. The third-order valence-electron chi connectivity index (χ3n) is 3.24. The second-order valence-electron chi connectivity index (χ2n) is 4.84. The van der Waals surface area contributed by atoms with Gasteiger partial charge in [-0.3, -0.25) is 0 Å². The molecule has 0 aromatic heterocycles. The van der Waals surface area contributed by atoms with Gasteiger partial charge >= 0.3 is 12.1 Å². The summed E-state index contributed by atoms with van der Waals surface area (Å²) in [5, 5.41) is 0. The first-order valence-electron chi connectivity index (χ1n) is 6.49. The zero-order valence-corrected chi connectivity index (χ0v) is 11.7. The highest BCUT2D eigenvalue weighted by atomic mass is 19.4. The number of esters is 1. The molecule has 0 aliphatic carbocycles. The van der Waals surface area contributed by atoms with Crippen molar-refractivity contribution in [2.24, 2.45) is 0 Å². The van der Waals surface area contributed by atoms with Crippen LogP contribution in [0.2, 0.25) is 0 Å². The Balaban J connectivity index is 2.27. The van der Waals surface area contributed by atoms with Crippen LogP contribution in [0.1, 0.15) is 24.5 Å². The van der Waals surface area contributed by atoms with Gasteiger partial charge in [-0.2, -0.15) is 13.2 Å². The number of aryl methyl sites for hydroxylation is 1. The van der Waals surface area contributed by atoms with Crippen molar-refractivity contribution in [2.75, 3.05) is 6.61 Å². The van der Waals surface area contributed by atoms with E-state index in [0.29, 0.717) is 5.56 Å². The van der Waals surface area contributed by atoms with Gasteiger partial charge in [0.05, 0.1) is 19.1 Å². The van der Waals surface area contributed by atoms with Crippen LogP contribution in [-0.4, -0.2) is 18.8 Å². The molecule has 0 N–H and O–H groups in total. The highest BCUT2D eigenvalue weighted by Gasteiger charge is 2.64. The fourth-order valence-corrected chi connectivity index (χ4v) is 2.24. The van der Waals surface area contributed by atoms with E-state index in [1.807, 2.05) is 0 Å². The smallest absolute Gasteiger partial charge is 0.433 e. The van der Waals surface area contributed by atoms with Crippen molar-refractivity contribution >= 4 is 5.97 Å². The molecule has 114 valence electrons. The van der Waals surface area contributed by atoms with Crippen molar-refractivity contribution in [3.63, 3.8) is 0 Å². The lowest BCUT2D eigenvalue weighted by Crippen LogP contribution is -2.51. The van der Waals surface area contributed by atoms with Crippen LogP contribution in [0.15, 0.2) is 36.1 Å². The molecule has 6 heteroatoms. The number of alkyl halides is 3. The first-order chi connectivity index (χ1) is 9.78. The highest BCUT2D eigenvalue weighted by molar-refractivity contribution is 5.82. The van der Waals surface area contributed by atoms with E-state index in [4.69, 9.17) is 4.74 Å². The number of hydrogen-bond donors (Lipinski definition) is 0. The quantitative estimate of drug-likeness (QED) is 0.632. The maximum Gasteiger partial charge on any atom is 0.433 e. The van der Waals surface area contributed by atoms with E-state index >= 15 is 0 Å². The molecule has 1 aliphatic heterocycles. The Bertz CT molecular complexity index is 568. The molecule has 1 heterocycles. The van der Waals surface area contributed by atoms with Gasteiger partial charge in [-0.05, 0) is 13.8 Å². The zero-order valence-electron chi connectivity index (χ0n) is 11.7. The molecule has 3 nitrogen and oxygen atoms in total. The van der Waals surface area contributed by atoms with Gasteiger partial charge in [0.15, 0.2) is 0 Å². The first kappa shape index (κ1) is 15.4. The minimum Gasteiger partial charge on any atom is -0.476 e. The van der Waals surface area contributed by atoms with Gasteiger partial charge in [-0.25, -0.2) is 4.79 Å². The molecule has 0 amide bonds. The topological polar surface area (TPSA) is 35.5 Å². The lowest BCUT2D eigenvalue weighted by molar-refractivity contribution is -0.309. The summed E-state index contributed by atoms with van der Waals surface area (Å²) in [7, 11) is 0. The Kier molecular flexibility index (Phi) is 3.98. The summed E-state index contributed by atoms with van der Waals surface area (Å²) in [6.45, 7) is 3.48. The zero-order chi connectivity index (χ0) is 15.7. The Labute approximate surface area is 120 Å². The SMILES string of the molecule is CCOC(=O)/C=C1/CC(c2cccc(C)c2)(C(F)(F)F)O1. The maximum atomic E-state index is 13.4. The summed E-state index contributed by atoms with van der Waals surface area (Å²) in [6, 6.07) is 6.08. The van der Waals surface area contributed by atoms with E-state index in [0.717, 1.165) is 6.08 Å². The van der Waals surface area contributed by atoms with Gasteiger partial charge in [0.1, 0.15) is 5.76 Å². The van der Waals surface area contributed by atoms with E-state index in [1.54, 1.807) is 26.0 Å². The maximum absolute atomic E-state index is 13.4. The second kappa shape index (κ2) is 5.42. The third kappa shape index (κ3) is 2.89. The average molecular weight is 300 g/mol. The number of benzene rings is 1. The Morgan fingerprint density at radius 1 is 1.48 bits per heavy atom. The minimum atomic E-state index is -4.56. The fraction of sp³-hybridized carbons (Fsp3) is 0.400. The molecule has 1 unspecified atom stereocenters. The fourth-order valence-electron chi connectivity index (χ4n) is 2.24. The molecule has 1 fully saturated rings. The predicted octanol–water partition coefficient (Wildman–Crippen LogP) is 3.62. The van der Waals surface area contributed by atoms with E-state index < -0.39 is 24.2 Å². The van der Waals surface area contributed by atoms with Crippen molar-refractivity contribution in [1.82, 2.24) is 0 Å². The lowest BCUT2D eigenvalue weighted by Gasteiger charge is -2.45. The summed E-state index contributed by atoms with van der Waals surface area (Å²) in [5.74, 6) is -0.722. The number of carbonyl (C=O) groups is 1. The van der Waals surface area contributed by atoms with E-state index in [1.165, 1.54) is 12.1 Å². The molecular weight excluding hydrogens is 285 g/mol. The highest BCUT2D eigenvalue weighted by Crippen LogP contribution is 2.54. The molecule has 0 saturated carbocycles. The van der Waals surface area contributed by atoms with E-state index in [9.17, 15) is 18.0 Å². The predicted molar refractivity (Wildman–Crippen MR) is 69.3 cm³/mol. The van der Waals surface area contributed by atoms with Crippen molar-refractivity contribution in [3.8, 4) is 0 Å². The molecule has 2 rings (SSSR count). The van der Waals surface area contributed by atoms with Gasteiger partial charge in [0.25, 0.3) is 0 Å². The number of ether oxygens (including phenoxy) is 2. The van der Waals surface area contributed by atoms with Gasteiger partial charge in [0.2, 0.25) is 5.60 Å². The molecule has 1 saturated heterocycles. The summed E-state index contributed by atoms with van der Waals surface area (Å²) < 4.78 is 49.7.